The maximum Gasteiger partial charge on any atom is 0.233 e. The standard InChI is InChI=1S/C11H18N2OS/c1-10(4-2-5-10)13-9(14)11(8(12)15)6-3-7-11/h2-7H2,1H3,(H2,12,15)(H,13,14). The number of carbonyl (C=O) groups excluding carboxylic acids is 1. The summed E-state index contributed by atoms with van der Waals surface area (Å²) >= 11 is 5.02. The van der Waals surface area contributed by atoms with Crippen molar-refractivity contribution in [1.82, 2.24) is 5.32 Å². The Labute approximate surface area is 95.8 Å². The monoisotopic (exact) mass is 226 g/mol. The average Bonchev–Trinajstić information content (AvgIpc) is 1.97. The molecule has 0 aromatic heterocycles. The molecule has 2 aliphatic rings. The molecule has 2 saturated carbocycles. The molecule has 1 amide bonds. The van der Waals surface area contributed by atoms with E-state index in [1.807, 2.05) is 0 Å². The molecule has 0 heterocycles. The summed E-state index contributed by atoms with van der Waals surface area (Å²) in [4.78, 5) is 12.5. The van der Waals surface area contributed by atoms with Crippen LogP contribution in [0.15, 0.2) is 0 Å². The summed E-state index contributed by atoms with van der Waals surface area (Å²) in [6, 6.07) is 0. The molecule has 0 saturated heterocycles. The Morgan fingerprint density at radius 3 is 2.07 bits per heavy atom. The molecule has 4 heteroatoms. The Balaban J connectivity index is 2.03. The van der Waals surface area contributed by atoms with Gasteiger partial charge in [-0.15, -0.1) is 0 Å². The van der Waals surface area contributed by atoms with Crippen LogP contribution in [0.25, 0.3) is 0 Å². The molecule has 0 aromatic rings. The van der Waals surface area contributed by atoms with E-state index < -0.39 is 5.41 Å². The molecule has 0 unspecified atom stereocenters. The Morgan fingerprint density at radius 2 is 1.80 bits per heavy atom. The Hall–Kier alpha value is -0.640. The molecule has 0 radical (unpaired) electrons. The zero-order chi connectivity index (χ0) is 11.1. The van der Waals surface area contributed by atoms with E-state index in [0.29, 0.717) is 4.99 Å². The van der Waals surface area contributed by atoms with Gasteiger partial charge < -0.3 is 11.1 Å². The zero-order valence-electron chi connectivity index (χ0n) is 9.14. The van der Waals surface area contributed by atoms with Crippen molar-refractivity contribution in [1.29, 1.82) is 0 Å². The summed E-state index contributed by atoms with van der Waals surface area (Å²) in [5, 5.41) is 3.11. The van der Waals surface area contributed by atoms with E-state index in [4.69, 9.17) is 18.0 Å². The Kier molecular flexibility index (Phi) is 2.49. The topological polar surface area (TPSA) is 55.1 Å². The lowest BCUT2D eigenvalue weighted by Gasteiger charge is -2.45. The molecule has 2 fully saturated rings. The lowest BCUT2D eigenvalue weighted by atomic mass is 9.67. The molecular formula is C11H18N2OS. The number of hydrogen-bond donors (Lipinski definition) is 2. The minimum absolute atomic E-state index is 0.00442. The highest BCUT2D eigenvalue weighted by atomic mass is 32.1. The lowest BCUT2D eigenvalue weighted by molar-refractivity contribution is -0.133. The van der Waals surface area contributed by atoms with Gasteiger partial charge in [-0.25, -0.2) is 0 Å². The summed E-state index contributed by atoms with van der Waals surface area (Å²) in [7, 11) is 0. The van der Waals surface area contributed by atoms with Crippen molar-refractivity contribution in [3.05, 3.63) is 0 Å². The van der Waals surface area contributed by atoms with Gasteiger partial charge in [0.1, 0.15) is 0 Å². The predicted molar refractivity (Wildman–Crippen MR) is 63.5 cm³/mol. The fourth-order valence-electron chi connectivity index (χ4n) is 2.34. The fraction of sp³-hybridized carbons (Fsp3) is 0.818. The maximum atomic E-state index is 12.1. The smallest absolute Gasteiger partial charge is 0.233 e. The van der Waals surface area contributed by atoms with Gasteiger partial charge in [0.15, 0.2) is 0 Å². The van der Waals surface area contributed by atoms with Crippen LogP contribution in [-0.2, 0) is 4.79 Å². The second-order valence-corrected chi connectivity index (χ2v) is 5.61. The SMILES string of the molecule is CC1(NC(=O)C2(C(N)=S)CCC2)CCC1. The molecule has 3 N–H and O–H groups in total. The van der Waals surface area contributed by atoms with Crippen LogP contribution < -0.4 is 11.1 Å². The molecule has 0 spiro atoms. The highest BCUT2D eigenvalue weighted by Gasteiger charge is 2.49. The molecule has 2 aliphatic carbocycles. The van der Waals surface area contributed by atoms with Crippen molar-refractivity contribution < 1.29 is 4.79 Å². The van der Waals surface area contributed by atoms with Gasteiger partial charge in [-0.05, 0) is 39.0 Å². The minimum Gasteiger partial charge on any atom is -0.392 e. The normalized spacial score (nSPS) is 25.9. The molecule has 2 rings (SSSR count). The molecular weight excluding hydrogens is 208 g/mol. The largest absolute Gasteiger partial charge is 0.392 e. The maximum absolute atomic E-state index is 12.1. The average molecular weight is 226 g/mol. The van der Waals surface area contributed by atoms with Crippen LogP contribution >= 0.6 is 12.2 Å². The Morgan fingerprint density at radius 1 is 1.27 bits per heavy atom. The van der Waals surface area contributed by atoms with Gasteiger partial charge in [-0.3, -0.25) is 4.79 Å². The van der Waals surface area contributed by atoms with Gasteiger partial charge in [0.05, 0.1) is 10.4 Å². The molecule has 84 valence electrons. The van der Waals surface area contributed by atoms with E-state index in [2.05, 4.69) is 12.2 Å². The van der Waals surface area contributed by atoms with Gasteiger partial charge in [-0.1, -0.05) is 18.6 Å². The minimum atomic E-state index is -0.520. The second-order valence-electron chi connectivity index (χ2n) is 5.17. The van der Waals surface area contributed by atoms with Crippen LogP contribution in [0.2, 0.25) is 0 Å². The molecule has 0 bridgehead atoms. The predicted octanol–water partition coefficient (Wildman–Crippen LogP) is 1.50. The number of thiocarbonyl (C=S) groups is 1. The van der Waals surface area contributed by atoms with E-state index in [9.17, 15) is 4.79 Å². The zero-order valence-corrected chi connectivity index (χ0v) is 9.95. The van der Waals surface area contributed by atoms with Crippen LogP contribution in [0, 0.1) is 5.41 Å². The summed E-state index contributed by atoms with van der Waals surface area (Å²) in [5.41, 5.74) is 5.17. The number of rotatable bonds is 3. The van der Waals surface area contributed by atoms with Crippen molar-refractivity contribution in [3.8, 4) is 0 Å². The van der Waals surface area contributed by atoms with Crippen molar-refractivity contribution >= 4 is 23.1 Å². The van der Waals surface area contributed by atoms with E-state index >= 15 is 0 Å². The number of hydrogen-bond acceptors (Lipinski definition) is 2. The molecule has 3 nitrogen and oxygen atoms in total. The van der Waals surface area contributed by atoms with Gasteiger partial charge in [0, 0.05) is 5.54 Å². The van der Waals surface area contributed by atoms with Gasteiger partial charge >= 0.3 is 0 Å². The molecule has 0 atom stereocenters. The number of carbonyl (C=O) groups is 1. The van der Waals surface area contributed by atoms with Crippen LogP contribution in [0.1, 0.15) is 45.4 Å². The highest BCUT2D eigenvalue weighted by molar-refractivity contribution is 7.80. The van der Waals surface area contributed by atoms with Crippen LogP contribution in [0.3, 0.4) is 0 Å². The third-order valence-corrected chi connectivity index (χ3v) is 4.38. The van der Waals surface area contributed by atoms with Crippen molar-refractivity contribution in [3.63, 3.8) is 0 Å². The van der Waals surface area contributed by atoms with E-state index in [1.54, 1.807) is 0 Å². The van der Waals surface area contributed by atoms with Crippen LogP contribution in [-0.4, -0.2) is 16.4 Å². The quantitative estimate of drug-likeness (QED) is 0.717. The first-order valence-electron chi connectivity index (χ1n) is 5.61. The van der Waals surface area contributed by atoms with E-state index in [-0.39, 0.29) is 11.4 Å². The first-order valence-corrected chi connectivity index (χ1v) is 6.02. The van der Waals surface area contributed by atoms with Gasteiger partial charge in [0.25, 0.3) is 0 Å². The van der Waals surface area contributed by atoms with Crippen molar-refractivity contribution in [2.75, 3.05) is 0 Å². The molecule has 15 heavy (non-hydrogen) atoms. The summed E-state index contributed by atoms with van der Waals surface area (Å²) in [6.45, 7) is 2.10. The Bertz CT molecular complexity index is 306. The van der Waals surface area contributed by atoms with E-state index in [0.717, 1.165) is 32.1 Å². The highest BCUT2D eigenvalue weighted by Crippen LogP contribution is 2.43. The van der Waals surface area contributed by atoms with Crippen molar-refractivity contribution in [2.45, 2.75) is 51.0 Å². The lowest BCUT2D eigenvalue weighted by Crippen LogP contribution is -2.60. The first-order chi connectivity index (χ1) is 6.99. The van der Waals surface area contributed by atoms with Gasteiger partial charge in [-0.2, -0.15) is 0 Å². The number of amides is 1. The van der Waals surface area contributed by atoms with Gasteiger partial charge in [0.2, 0.25) is 5.91 Å². The van der Waals surface area contributed by atoms with Crippen LogP contribution in [0.5, 0.6) is 0 Å². The van der Waals surface area contributed by atoms with Crippen LogP contribution in [0.4, 0.5) is 0 Å². The third kappa shape index (κ3) is 1.65. The first kappa shape index (κ1) is 10.9. The number of nitrogens with two attached hydrogens (primary N) is 1. The number of nitrogens with one attached hydrogen (secondary N) is 1. The summed E-state index contributed by atoms with van der Waals surface area (Å²) in [5.74, 6) is 0.0588. The summed E-state index contributed by atoms with van der Waals surface area (Å²) in [6.07, 6.45) is 6.06. The summed E-state index contributed by atoms with van der Waals surface area (Å²) < 4.78 is 0. The third-order valence-electron chi connectivity index (χ3n) is 3.99. The van der Waals surface area contributed by atoms with Crippen molar-refractivity contribution in [2.24, 2.45) is 11.1 Å². The fourth-order valence-corrected chi connectivity index (χ4v) is 2.64. The van der Waals surface area contributed by atoms with E-state index in [1.165, 1.54) is 6.42 Å². The molecule has 0 aliphatic heterocycles. The second kappa shape index (κ2) is 3.44. The molecule has 0 aromatic carbocycles.